The van der Waals surface area contributed by atoms with Gasteiger partial charge in [0.25, 0.3) is 0 Å². The molecule has 4 heterocycles. The number of hydrogen-bond donors (Lipinski definition) is 1. The molecule has 4 aliphatic heterocycles. The third-order valence-electron chi connectivity index (χ3n) is 6.48. The first-order chi connectivity index (χ1) is 12.2. The largest absolute Gasteiger partial charge is 0.497 e. The third kappa shape index (κ3) is 3.15. The van der Waals surface area contributed by atoms with Crippen molar-refractivity contribution in [2.75, 3.05) is 33.3 Å². The molecule has 4 aliphatic rings. The number of amides is 1. The topological polar surface area (TPSA) is 58.8 Å². The van der Waals surface area contributed by atoms with Gasteiger partial charge in [-0.2, -0.15) is 0 Å². The first-order valence-corrected chi connectivity index (χ1v) is 9.57. The molecule has 5 nitrogen and oxygen atoms in total. The molecular formula is C20H29N3O2. The number of carbonyl (C=O) groups is 1. The Labute approximate surface area is 150 Å². The van der Waals surface area contributed by atoms with Gasteiger partial charge in [-0.05, 0) is 62.5 Å². The van der Waals surface area contributed by atoms with E-state index in [4.69, 9.17) is 10.5 Å². The molecule has 0 unspecified atom stereocenters. The summed E-state index contributed by atoms with van der Waals surface area (Å²) in [6.45, 7) is 4.53. The molecule has 1 amide bonds. The average molecular weight is 343 g/mol. The Morgan fingerprint density at radius 1 is 1.28 bits per heavy atom. The number of carbonyl (C=O) groups excluding carboxylic acids is 1. The Balaban J connectivity index is 1.58. The smallest absolute Gasteiger partial charge is 0.217 e. The lowest BCUT2D eigenvalue weighted by molar-refractivity contribution is -0.118. The highest BCUT2D eigenvalue weighted by Crippen LogP contribution is 2.46. The number of likely N-dealkylation sites (tertiary alicyclic amines) is 1. The molecule has 1 aromatic rings. The van der Waals surface area contributed by atoms with Gasteiger partial charge in [0.15, 0.2) is 0 Å². The predicted molar refractivity (Wildman–Crippen MR) is 97.6 cm³/mol. The van der Waals surface area contributed by atoms with Crippen LogP contribution < -0.4 is 10.5 Å². The highest BCUT2D eigenvalue weighted by molar-refractivity contribution is 5.73. The van der Waals surface area contributed by atoms with Crippen LogP contribution in [0.5, 0.6) is 5.75 Å². The van der Waals surface area contributed by atoms with Crippen molar-refractivity contribution < 1.29 is 9.53 Å². The van der Waals surface area contributed by atoms with Crippen molar-refractivity contribution in [3.8, 4) is 5.75 Å². The Morgan fingerprint density at radius 2 is 2.08 bits per heavy atom. The molecule has 2 bridgehead atoms. The molecule has 136 valence electrons. The quantitative estimate of drug-likeness (QED) is 0.856. The van der Waals surface area contributed by atoms with Crippen LogP contribution in [0, 0.1) is 5.92 Å². The Morgan fingerprint density at radius 3 is 2.80 bits per heavy atom. The minimum absolute atomic E-state index is 0.186. The molecule has 0 aliphatic carbocycles. The highest BCUT2D eigenvalue weighted by atomic mass is 16.5. The molecule has 25 heavy (non-hydrogen) atoms. The van der Waals surface area contributed by atoms with E-state index in [1.807, 2.05) is 6.07 Å². The zero-order chi connectivity index (χ0) is 17.4. The number of primary amides is 1. The number of nitrogens with two attached hydrogens (primary N) is 1. The summed E-state index contributed by atoms with van der Waals surface area (Å²) in [6.07, 6.45) is 4.00. The second-order valence-electron chi connectivity index (χ2n) is 7.80. The van der Waals surface area contributed by atoms with Crippen LogP contribution in [-0.4, -0.2) is 61.1 Å². The third-order valence-corrected chi connectivity index (χ3v) is 6.48. The summed E-state index contributed by atoms with van der Waals surface area (Å²) in [4.78, 5) is 16.5. The van der Waals surface area contributed by atoms with Crippen LogP contribution in [0.3, 0.4) is 0 Å². The van der Waals surface area contributed by atoms with Gasteiger partial charge in [-0.3, -0.25) is 14.6 Å². The molecule has 0 aromatic heterocycles. The Hall–Kier alpha value is -1.59. The molecule has 0 spiro atoms. The van der Waals surface area contributed by atoms with E-state index in [1.165, 1.54) is 31.5 Å². The second-order valence-corrected chi connectivity index (χ2v) is 7.80. The molecule has 5 heteroatoms. The zero-order valence-corrected chi connectivity index (χ0v) is 15.1. The van der Waals surface area contributed by atoms with Gasteiger partial charge in [0.05, 0.1) is 7.11 Å². The fraction of sp³-hybridized carbons (Fsp3) is 0.650. The number of ether oxygens (including phenoxy) is 1. The summed E-state index contributed by atoms with van der Waals surface area (Å²) in [7, 11) is 1.73. The van der Waals surface area contributed by atoms with Gasteiger partial charge < -0.3 is 10.5 Å². The van der Waals surface area contributed by atoms with Crippen LogP contribution >= 0.6 is 0 Å². The minimum Gasteiger partial charge on any atom is -0.497 e. The first kappa shape index (κ1) is 16.9. The summed E-state index contributed by atoms with van der Waals surface area (Å²) in [6, 6.07) is 9.82. The summed E-state index contributed by atoms with van der Waals surface area (Å²) in [5.41, 5.74) is 6.73. The van der Waals surface area contributed by atoms with Crippen LogP contribution in [0.15, 0.2) is 24.3 Å². The van der Waals surface area contributed by atoms with E-state index >= 15 is 0 Å². The number of rotatable bonds is 6. The van der Waals surface area contributed by atoms with Crippen LogP contribution in [0.1, 0.15) is 37.2 Å². The van der Waals surface area contributed by atoms with Crippen LogP contribution in [-0.2, 0) is 4.79 Å². The van der Waals surface area contributed by atoms with Crippen molar-refractivity contribution in [2.45, 2.75) is 43.7 Å². The summed E-state index contributed by atoms with van der Waals surface area (Å²) < 4.78 is 5.45. The van der Waals surface area contributed by atoms with Crippen molar-refractivity contribution >= 4 is 5.91 Å². The fourth-order valence-electron chi connectivity index (χ4n) is 5.41. The van der Waals surface area contributed by atoms with E-state index in [0.717, 1.165) is 31.2 Å². The van der Waals surface area contributed by atoms with E-state index in [9.17, 15) is 4.79 Å². The van der Waals surface area contributed by atoms with Crippen molar-refractivity contribution in [2.24, 2.45) is 11.7 Å². The molecular weight excluding hydrogens is 314 g/mol. The maximum atomic E-state index is 11.1. The minimum atomic E-state index is -0.186. The van der Waals surface area contributed by atoms with Gasteiger partial charge in [0, 0.05) is 31.0 Å². The SMILES string of the molecule is COc1cccc([C@H]2CN(CCCC(N)=O)[C@@H]3C4CCN(CC4)[C@H]23)c1. The number of methoxy groups -OCH3 is 1. The van der Waals surface area contributed by atoms with Gasteiger partial charge in [0.2, 0.25) is 5.91 Å². The number of benzene rings is 1. The Bertz CT molecular complexity index is 627. The van der Waals surface area contributed by atoms with Gasteiger partial charge in [-0.25, -0.2) is 0 Å². The summed E-state index contributed by atoms with van der Waals surface area (Å²) in [5.74, 6) is 2.09. The summed E-state index contributed by atoms with van der Waals surface area (Å²) in [5, 5.41) is 0. The van der Waals surface area contributed by atoms with E-state index in [0.29, 0.717) is 24.4 Å². The number of nitrogens with zero attached hydrogens (tertiary/aromatic N) is 2. The average Bonchev–Trinajstić information content (AvgIpc) is 3.04. The molecule has 0 saturated carbocycles. The van der Waals surface area contributed by atoms with Crippen LogP contribution in [0.4, 0.5) is 0 Å². The van der Waals surface area contributed by atoms with Gasteiger partial charge in [0.1, 0.15) is 5.75 Å². The molecule has 0 radical (unpaired) electrons. The molecule has 2 N–H and O–H groups in total. The van der Waals surface area contributed by atoms with E-state index in [2.05, 4.69) is 28.0 Å². The second kappa shape index (κ2) is 6.96. The molecule has 4 fully saturated rings. The van der Waals surface area contributed by atoms with Crippen molar-refractivity contribution in [1.82, 2.24) is 9.80 Å². The zero-order valence-electron chi connectivity index (χ0n) is 15.1. The first-order valence-electron chi connectivity index (χ1n) is 9.57. The van der Waals surface area contributed by atoms with E-state index in [1.54, 1.807) is 7.11 Å². The lowest BCUT2D eigenvalue weighted by Crippen LogP contribution is -2.60. The standard InChI is InChI=1S/C20H29N3O2/c1-25-16-5-2-4-15(12-16)17-13-23(9-3-6-18(21)24)19-14-7-10-22(11-8-14)20(17)19/h2,4-5,12,14,17,19-20H,3,6-11,13H2,1H3,(H2,21,24)/t17-,19-,20-/m1/s1. The van der Waals surface area contributed by atoms with Crippen molar-refractivity contribution in [3.05, 3.63) is 29.8 Å². The lowest BCUT2D eigenvalue weighted by atomic mass is 9.75. The molecule has 3 atom stereocenters. The maximum Gasteiger partial charge on any atom is 0.217 e. The monoisotopic (exact) mass is 343 g/mol. The maximum absolute atomic E-state index is 11.1. The molecule has 1 aromatic carbocycles. The van der Waals surface area contributed by atoms with Gasteiger partial charge in [-0.1, -0.05) is 12.1 Å². The van der Waals surface area contributed by atoms with Crippen molar-refractivity contribution in [1.29, 1.82) is 0 Å². The number of hydrogen-bond acceptors (Lipinski definition) is 4. The van der Waals surface area contributed by atoms with Gasteiger partial charge in [-0.15, -0.1) is 0 Å². The number of fused-ring (bicyclic) bond motifs is 2. The van der Waals surface area contributed by atoms with E-state index in [-0.39, 0.29) is 5.91 Å². The van der Waals surface area contributed by atoms with E-state index < -0.39 is 0 Å². The summed E-state index contributed by atoms with van der Waals surface area (Å²) >= 11 is 0. The van der Waals surface area contributed by atoms with Crippen molar-refractivity contribution in [3.63, 3.8) is 0 Å². The van der Waals surface area contributed by atoms with Crippen LogP contribution in [0.25, 0.3) is 0 Å². The van der Waals surface area contributed by atoms with Gasteiger partial charge >= 0.3 is 0 Å². The highest BCUT2D eigenvalue weighted by Gasteiger charge is 2.52. The predicted octanol–water partition coefficient (Wildman–Crippen LogP) is 1.82. The Kier molecular flexibility index (Phi) is 4.69. The molecule has 4 saturated heterocycles. The van der Waals surface area contributed by atoms with Crippen LogP contribution in [0.2, 0.25) is 0 Å². The lowest BCUT2D eigenvalue weighted by Gasteiger charge is -2.51. The normalized spacial score (nSPS) is 34.0. The number of piperidine rings is 3. The molecule has 5 rings (SSSR count). The fourth-order valence-corrected chi connectivity index (χ4v) is 5.41.